The molecule has 148 valence electrons. The van der Waals surface area contributed by atoms with Crippen LogP contribution in [0.3, 0.4) is 0 Å². The van der Waals surface area contributed by atoms with Crippen LogP contribution in [-0.4, -0.2) is 29.0 Å². The van der Waals surface area contributed by atoms with Crippen molar-refractivity contribution in [3.05, 3.63) is 58.1 Å². The number of halogens is 1. The van der Waals surface area contributed by atoms with E-state index in [1.54, 1.807) is 24.3 Å². The SMILES string of the molecule is Cc1cc(CN2C(=O)CN(c3ccc(Cl)cc3)C2=O)cc(C)c1OC(C)(C)C. The first kappa shape index (κ1) is 20.2. The van der Waals surface area contributed by atoms with Crippen LogP contribution in [0.25, 0.3) is 0 Å². The fraction of sp³-hybridized carbons (Fsp3) is 0.364. The number of hydrogen-bond acceptors (Lipinski definition) is 3. The fourth-order valence-corrected chi connectivity index (χ4v) is 3.43. The molecule has 2 aromatic rings. The summed E-state index contributed by atoms with van der Waals surface area (Å²) in [6.45, 7) is 10.2. The van der Waals surface area contributed by atoms with Crippen molar-refractivity contribution >= 4 is 29.2 Å². The molecule has 2 aromatic carbocycles. The monoisotopic (exact) mass is 400 g/mol. The molecule has 0 aromatic heterocycles. The Morgan fingerprint density at radius 1 is 1.04 bits per heavy atom. The first-order valence-electron chi connectivity index (χ1n) is 9.22. The molecule has 6 heteroatoms. The van der Waals surface area contributed by atoms with Gasteiger partial charge in [0.05, 0.1) is 6.54 Å². The minimum absolute atomic E-state index is 0.0314. The Bertz CT molecular complexity index is 893. The summed E-state index contributed by atoms with van der Waals surface area (Å²) in [5, 5.41) is 0.585. The van der Waals surface area contributed by atoms with Crippen LogP contribution in [0.15, 0.2) is 36.4 Å². The van der Waals surface area contributed by atoms with E-state index in [4.69, 9.17) is 16.3 Å². The molecule has 0 radical (unpaired) electrons. The highest BCUT2D eigenvalue weighted by molar-refractivity contribution is 6.30. The van der Waals surface area contributed by atoms with E-state index in [0.717, 1.165) is 22.4 Å². The summed E-state index contributed by atoms with van der Waals surface area (Å²) in [4.78, 5) is 28.0. The number of hydrogen-bond donors (Lipinski definition) is 0. The van der Waals surface area contributed by atoms with Gasteiger partial charge in [0.1, 0.15) is 17.9 Å². The van der Waals surface area contributed by atoms with E-state index in [1.807, 2.05) is 46.8 Å². The second-order valence-electron chi connectivity index (χ2n) is 8.10. The Morgan fingerprint density at radius 2 is 1.61 bits per heavy atom. The summed E-state index contributed by atoms with van der Waals surface area (Å²) in [6.07, 6.45) is 0. The molecule has 1 aliphatic heterocycles. The predicted molar refractivity (Wildman–Crippen MR) is 111 cm³/mol. The van der Waals surface area contributed by atoms with E-state index >= 15 is 0 Å². The molecule has 3 amide bonds. The Morgan fingerprint density at radius 3 is 2.14 bits per heavy atom. The van der Waals surface area contributed by atoms with Gasteiger partial charge in [-0.3, -0.25) is 14.6 Å². The molecule has 28 heavy (non-hydrogen) atoms. The number of urea groups is 1. The molecule has 0 atom stereocenters. The van der Waals surface area contributed by atoms with Gasteiger partial charge in [-0.25, -0.2) is 4.79 Å². The maximum absolute atomic E-state index is 12.8. The zero-order chi connectivity index (χ0) is 20.6. The minimum Gasteiger partial charge on any atom is -0.488 e. The first-order chi connectivity index (χ1) is 13.0. The van der Waals surface area contributed by atoms with E-state index in [0.29, 0.717) is 10.7 Å². The lowest BCUT2D eigenvalue weighted by Crippen LogP contribution is -2.32. The van der Waals surface area contributed by atoms with Crippen molar-refractivity contribution < 1.29 is 14.3 Å². The van der Waals surface area contributed by atoms with Gasteiger partial charge < -0.3 is 4.74 Å². The van der Waals surface area contributed by atoms with Crippen LogP contribution in [0.2, 0.25) is 5.02 Å². The molecule has 1 heterocycles. The van der Waals surface area contributed by atoms with Crippen LogP contribution in [0.4, 0.5) is 10.5 Å². The molecule has 3 rings (SSSR count). The molecule has 0 bridgehead atoms. The summed E-state index contributed by atoms with van der Waals surface area (Å²) in [7, 11) is 0. The second-order valence-corrected chi connectivity index (χ2v) is 8.53. The molecule has 0 N–H and O–H groups in total. The number of carbonyl (C=O) groups is 2. The van der Waals surface area contributed by atoms with Crippen molar-refractivity contribution in [2.45, 2.75) is 46.8 Å². The van der Waals surface area contributed by atoms with Crippen LogP contribution in [0.1, 0.15) is 37.5 Å². The summed E-state index contributed by atoms with van der Waals surface area (Å²) < 4.78 is 6.05. The van der Waals surface area contributed by atoms with E-state index in [9.17, 15) is 9.59 Å². The second kappa shape index (κ2) is 7.47. The van der Waals surface area contributed by atoms with Gasteiger partial charge in [-0.15, -0.1) is 0 Å². The number of aryl methyl sites for hydroxylation is 2. The van der Waals surface area contributed by atoms with Gasteiger partial charge in [0.25, 0.3) is 5.91 Å². The van der Waals surface area contributed by atoms with Crippen molar-refractivity contribution in [1.82, 2.24) is 4.90 Å². The lowest BCUT2D eigenvalue weighted by Gasteiger charge is -2.25. The highest BCUT2D eigenvalue weighted by Gasteiger charge is 2.36. The average Bonchev–Trinajstić information content (AvgIpc) is 2.86. The number of nitrogens with zero attached hydrogens (tertiary/aromatic N) is 2. The predicted octanol–water partition coefficient (Wildman–Crippen LogP) is 5.10. The van der Waals surface area contributed by atoms with Crippen LogP contribution in [-0.2, 0) is 11.3 Å². The van der Waals surface area contributed by atoms with Gasteiger partial charge in [-0.05, 0) is 75.6 Å². The topological polar surface area (TPSA) is 49.9 Å². The number of amides is 3. The van der Waals surface area contributed by atoms with E-state index in [1.165, 1.54) is 9.80 Å². The van der Waals surface area contributed by atoms with Gasteiger partial charge in [-0.2, -0.15) is 0 Å². The third-order valence-electron chi connectivity index (χ3n) is 4.46. The molecule has 0 saturated carbocycles. The molecule has 1 saturated heterocycles. The number of rotatable bonds is 4. The quantitative estimate of drug-likeness (QED) is 0.670. The van der Waals surface area contributed by atoms with Gasteiger partial charge in [0.15, 0.2) is 0 Å². The molecular formula is C22H25ClN2O3. The highest BCUT2D eigenvalue weighted by Crippen LogP contribution is 2.30. The third kappa shape index (κ3) is 4.30. The lowest BCUT2D eigenvalue weighted by molar-refractivity contribution is -0.125. The maximum Gasteiger partial charge on any atom is 0.332 e. The van der Waals surface area contributed by atoms with E-state index in [-0.39, 0.29) is 30.6 Å². The Labute approximate surface area is 170 Å². The zero-order valence-corrected chi connectivity index (χ0v) is 17.6. The molecule has 0 unspecified atom stereocenters. The zero-order valence-electron chi connectivity index (χ0n) is 16.9. The number of carbonyl (C=O) groups excluding carboxylic acids is 2. The van der Waals surface area contributed by atoms with E-state index in [2.05, 4.69) is 0 Å². The van der Waals surface area contributed by atoms with Crippen LogP contribution in [0.5, 0.6) is 5.75 Å². The van der Waals surface area contributed by atoms with Gasteiger partial charge >= 0.3 is 6.03 Å². The standard InChI is InChI=1S/C22H25ClN2O3/c1-14-10-16(11-15(2)20(14)28-22(3,4)5)12-25-19(26)13-24(21(25)27)18-8-6-17(23)7-9-18/h6-11H,12-13H2,1-5H3. The molecular weight excluding hydrogens is 376 g/mol. The maximum atomic E-state index is 12.8. The normalized spacial score (nSPS) is 14.8. The Kier molecular flexibility index (Phi) is 5.39. The number of imide groups is 1. The third-order valence-corrected chi connectivity index (χ3v) is 4.72. The highest BCUT2D eigenvalue weighted by atomic mass is 35.5. The summed E-state index contributed by atoms with van der Waals surface area (Å²) in [5.41, 5.74) is 3.23. The molecule has 5 nitrogen and oxygen atoms in total. The smallest absolute Gasteiger partial charge is 0.332 e. The van der Waals surface area contributed by atoms with Crippen molar-refractivity contribution in [2.75, 3.05) is 11.4 Å². The Balaban J connectivity index is 1.81. The molecule has 1 fully saturated rings. The lowest BCUT2D eigenvalue weighted by atomic mass is 10.0. The number of benzene rings is 2. The first-order valence-corrected chi connectivity index (χ1v) is 9.59. The molecule has 1 aliphatic rings. The van der Waals surface area contributed by atoms with Crippen LogP contribution < -0.4 is 9.64 Å². The number of ether oxygens (including phenoxy) is 1. The largest absolute Gasteiger partial charge is 0.488 e. The molecule has 0 aliphatic carbocycles. The summed E-state index contributed by atoms with van der Waals surface area (Å²) in [6, 6.07) is 10.5. The molecule has 0 spiro atoms. The van der Waals surface area contributed by atoms with Crippen LogP contribution >= 0.6 is 11.6 Å². The van der Waals surface area contributed by atoms with Gasteiger partial charge in [-0.1, -0.05) is 23.7 Å². The average molecular weight is 401 g/mol. The van der Waals surface area contributed by atoms with Crippen LogP contribution in [0, 0.1) is 13.8 Å². The van der Waals surface area contributed by atoms with Gasteiger partial charge in [0, 0.05) is 10.7 Å². The van der Waals surface area contributed by atoms with E-state index < -0.39 is 0 Å². The fourth-order valence-electron chi connectivity index (χ4n) is 3.30. The summed E-state index contributed by atoms with van der Waals surface area (Å²) in [5.74, 6) is 0.628. The minimum atomic E-state index is -0.322. The summed E-state index contributed by atoms with van der Waals surface area (Å²) >= 11 is 5.91. The Hall–Kier alpha value is -2.53. The van der Waals surface area contributed by atoms with Crippen molar-refractivity contribution in [3.8, 4) is 5.75 Å². The van der Waals surface area contributed by atoms with Gasteiger partial charge in [0.2, 0.25) is 0 Å². The number of anilines is 1. The van der Waals surface area contributed by atoms with Crippen molar-refractivity contribution in [2.24, 2.45) is 0 Å². The van der Waals surface area contributed by atoms with Crippen molar-refractivity contribution in [3.63, 3.8) is 0 Å². The van der Waals surface area contributed by atoms with Crippen molar-refractivity contribution in [1.29, 1.82) is 0 Å².